The lowest BCUT2D eigenvalue weighted by Crippen LogP contribution is -2.41. The van der Waals surface area contributed by atoms with E-state index >= 15 is 0 Å². The van der Waals surface area contributed by atoms with Gasteiger partial charge in [0.1, 0.15) is 0 Å². The molecule has 30 heavy (non-hydrogen) atoms. The summed E-state index contributed by atoms with van der Waals surface area (Å²) in [5.74, 6) is 0. The molecule has 8 nitrogen and oxygen atoms in total. The quantitative estimate of drug-likeness (QED) is 0.370. The average Bonchev–Trinajstić information content (AvgIpc) is 2.77. The number of carbonyl (C=O) groups excluding carboxylic acids is 1. The van der Waals surface area contributed by atoms with Crippen molar-refractivity contribution in [3.05, 3.63) is 59.3 Å². The number of benzene rings is 1. The molecule has 1 fully saturated rings. The van der Waals surface area contributed by atoms with Gasteiger partial charge in [0, 0.05) is 19.3 Å². The van der Waals surface area contributed by atoms with Crippen molar-refractivity contribution in [3.8, 4) is 0 Å². The number of carbonyl (C=O) groups is 1. The van der Waals surface area contributed by atoms with Crippen LogP contribution in [0.3, 0.4) is 0 Å². The third-order valence-electron chi connectivity index (χ3n) is 5.17. The minimum atomic E-state index is -3.76. The Labute approximate surface area is 177 Å². The van der Waals surface area contributed by atoms with E-state index in [1.54, 1.807) is 12.1 Å². The number of pyridine rings is 1. The van der Waals surface area contributed by atoms with Gasteiger partial charge in [0.25, 0.3) is 10.0 Å². The first-order valence-corrected chi connectivity index (χ1v) is 11.4. The highest BCUT2D eigenvalue weighted by Crippen LogP contribution is 2.24. The van der Waals surface area contributed by atoms with Crippen molar-refractivity contribution >= 4 is 16.4 Å². The number of sulfonamides is 1. The van der Waals surface area contributed by atoms with Gasteiger partial charge in [-0.1, -0.05) is 35.9 Å². The van der Waals surface area contributed by atoms with Gasteiger partial charge < -0.3 is 4.74 Å². The van der Waals surface area contributed by atoms with Crippen molar-refractivity contribution < 1.29 is 23.2 Å². The average molecular weight is 434 g/mol. The largest absolute Gasteiger partial charge is 0.373 e. The first-order chi connectivity index (χ1) is 14.4. The maximum absolute atomic E-state index is 13.1. The molecule has 1 aliphatic rings. The highest BCUT2D eigenvalue weighted by molar-refractivity contribution is 7.89. The van der Waals surface area contributed by atoms with Gasteiger partial charge in [-0.25, -0.2) is 18.5 Å². The molecule has 2 aromatic rings. The summed E-state index contributed by atoms with van der Waals surface area (Å²) in [6.07, 6.45) is 3.15. The van der Waals surface area contributed by atoms with E-state index in [0.717, 1.165) is 5.56 Å². The summed E-state index contributed by atoms with van der Waals surface area (Å²) in [6, 6.07) is 11.5. The number of hydroxylamine groups is 2. The van der Waals surface area contributed by atoms with Crippen molar-refractivity contribution in [1.82, 2.24) is 14.4 Å². The van der Waals surface area contributed by atoms with Gasteiger partial charge in [0.05, 0.1) is 19.3 Å². The molecule has 9 heteroatoms. The van der Waals surface area contributed by atoms with Crippen LogP contribution in [0.5, 0.6) is 0 Å². The fourth-order valence-electron chi connectivity index (χ4n) is 3.39. The van der Waals surface area contributed by atoms with Crippen LogP contribution in [0.1, 0.15) is 29.5 Å². The molecule has 2 heterocycles. The van der Waals surface area contributed by atoms with E-state index in [1.807, 2.05) is 31.2 Å². The second-order valence-corrected chi connectivity index (χ2v) is 9.24. The van der Waals surface area contributed by atoms with Crippen LogP contribution >= 0.6 is 0 Å². The molecule has 1 saturated heterocycles. The maximum atomic E-state index is 13.1. The highest BCUT2D eigenvalue weighted by atomic mass is 32.2. The maximum Gasteiger partial charge on any atom is 0.260 e. The van der Waals surface area contributed by atoms with Crippen LogP contribution in [-0.2, 0) is 32.6 Å². The molecule has 0 saturated carbocycles. The molecular formula is C21H27N3O5S. The molecule has 0 aliphatic carbocycles. The van der Waals surface area contributed by atoms with Crippen molar-refractivity contribution in [2.45, 2.75) is 43.9 Å². The number of aromatic nitrogens is 1. The zero-order valence-corrected chi connectivity index (χ0v) is 17.8. The van der Waals surface area contributed by atoms with Crippen LogP contribution in [-0.4, -0.2) is 60.1 Å². The summed E-state index contributed by atoms with van der Waals surface area (Å²) >= 11 is 0. The Morgan fingerprint density at radius 1 is 1.23 bits per heavy atom. The number of aryl methyl sites for hydroxylation is 1. The van der Waals surface area contributed by atoms with Gasteiger partial charge in [0.15, 0.2) is 5.03 Å². The molecule has 0 radical (unpaired) electrons. The summed E-state index contributed by atoms with van der Waals surface area (Å²) in [5.41, 5.74) is 2.77. The summed E-state index contributed by atoms with van der Waals surface area (Å²) in [7, 11) is -3.76. The van der Waals surface area contributed by atoms with Gasteiger partial charge in [-0.05, 0) is 43.4 Å². The smallest absolute Gasteiger partial charge is 0.260 e. The Kier molecular flexibility index (Phi) is 7.54. The van der Waals surface area contributed by atoms with Crippen molar-refractivity contribution in [1.29, 1.82) is 0 Å². The van der Waals surface area contributed by atoms with Gasteiger partial charge >= 0.3 is 0 Å². The van der Waals surface area contributed by atoms with E-state index in [0.29, 0.717) is 43.2 Å². The topological polar surface area (TPSA) is 100 Å². The van der Waals surface area contributed by atoms with Crippen molar-refractivity contribution in [2.24, 2.45) is 0 Å². The van der Waals surface area contributed by atoms with E-state index in [4.69, 9.17) is 4.74 Å². The first kappa shape index (κ1) is 22.4. The Morgan fingerprint density at radius 3 is 2.60 bits per heavy atom. The van der Waals surface area contributed by atoms with E-state index in [9.17, 15) is 18.4 Å². The van der Waals surface area contributed by atoms with Crippen molar-refractivity contribution in [2.75, 3.05) is 19.6 Å². The normalized spacial score (nSPS) is 15.8. The molecule has 1 aromatic heterocycles. The summed E-state index contributed by atoms with van der Waals surface area (Å²) in [4.78, 5) is 14.6. The van der Waals surface area contributed by atoms with Crippen LogP contribution in [0.2, 0.25) is 0 Å². The fraction of sp³-hybridized carbons (Fsp3) is 0.429. The number of piperidine rings is 1. The molecule has 3 rings (SSSR count). The minimum Gasteiger partial charge on any atom is -0.373 e. The Morgan fingerprint density at radius 2 is 1.93 bits per heavy atom. The molecule has 1 aromatic carbocycles. The van der Waals surface area contributed by atoms with Gasteiger partial charge in [-0.3, -0.25) is 10.0 Å². The van der Waals surface area contributed by atoms with E-state index in [1.165, 1.54) is 16.1 Å². The van der Waals surface area contributed by atoms with Crippen LogP contribution in [0.15, 0.2) is 47.6 Å². The number of ether oxygens (including phenoxy) is 1. The molecule has 0 atom stereocenters. The zero-order chi connectivity index (χ0) is 21.6. The zero-order valence-electron chi connectivity index (χ0n) is 17.0. The predicted molar refractivity (Wildman–Crippen MR) is 110 cm³/mol. The lowest BCUT2D eigenvalue weighted by molar-refractivity contribution is -0.149. The van der Waals surface area contributed by atoms with E-state index in [2.05, 4.69) is 4.98 Å². The van der Waals surface area contributed by atoms with E-state index in [-0.39, 0.29) is 30.5 Å². The Bertz CT molecular complexity index is 941. The van der Waals surface area contributed by atoms with Gasteiger partial charge in [-0.2, -0.15) is 4.31 Å². The van der Waals surface area contributed by atoms with Crippen LogP contribution in [0, 0.1) is 6.92 Å². The summed E-state index contributed by atoms with van der Waals surface area (Å²) < 4.78 is 33.6. The van der Waals surface area contributed by atoms with Gasteiger partial charge in [-0.15, -0.1) is 0 Å². The molecule has 162 valence electrons. The summed E-state index contributed by atoms with van der Waals surface area (Å²) in [6.45, 7) is 3.26. The van der Waals surface area contributed by atoms with Crippen LogP contribution < -0.4 is 0 Å². The Balaban J connectivity index is 1.59. The number of hydrogen-bond acceptors (Lipinski definition) is 6. The molecule has 0 bridgehead atoms. The predicted octanol–water partition coefficient (Wildman–Crippen LogP) is 2.15. The lowest BCUT2D eigenvalue weighted by atomic mass is 10.1. The SMILES string of the molecule is Cc1ccc(COC2CCN(S(=O)(=O)c3ncccc3CCN(O)C=O)CC2)cc1. The molecular weight excluding hydrogens is 406 g/mol. The third kappa shape index (κ3) is 5.63. The monoisotopic (exact) mass is 433 g/mol. The lowest BCUT2D eigenvalue weighted by Gasteiger charge is -2.31. The summed E-state index contributed by atoms with van der Waals surface area (Å²) in [5, 5.41) is 9.77. The highest BCUT2D eigenvalue weighted by Gasteiger charge is 2.32. The van der Waals surface area contributed by atoms with Gasteiger partial charge in [0.2, 0.25) is 6.41 Å². The second-order valence-electron chi connectivity index (χ2n) is 7.39. The Hall–Kier alpha value is -2.33. The molecule has 1 aliphatic heterocycles. The van der Waals surface area contributed by atoms with Crippen LogP contribution in [0.25, 0.3) is 0 Å². The standard InChI is InChI=1S/C21H27N3O5S/c1-17-4-6-18(7-5-17)15-29-20-9-13-24(14-10-20)30(27,28)21-19(3-2-11-22-21)8-12-23(26)16-25/h2-7,11,16,20,26H,8-10,12-15H2,1H3. The number of nitrogens with zero attached hydrogens (tertiary/aromatic N) is 3. The fourth-order valence-corrected chi connectivity index (χ4v) is 5.03. The number of rotatable bonds is 9. The minimum absolute atomic E-state index is 0.00730. The number of amides is 1. The third-order valence-corrected chi connectivity index (χ3v) is 7.07. The van der Waals surface area contributed by atoms with Crippen LogP contribution in [0.4, 0.5) is 0 Å². The first-order valence-electron chi connectivity index (χ1n) is 9.92. The molecule has 0 spiro atoms. The number of hydrogen-bond donors (Lipinski definition) is 1. The molecule has 0 unspecified atom stereocenters. The van der Waals surface area contributed by atoms with E-state index < -0.39 is 10.0 Å². The second kappa shape index (κ2) is 10.1. The molecule has 1 N–H and O–H groups in total. The van der Waals surface area contributed by atoms with Crippen molar-refractivity contribution in [3.63, 3.8) is 0 Å². The molecule has 1 amide bonds.